The maximum Gasteiger partial charge on any atom is 0.207 e. The number of nitrogens with one attached hydrogen (secondary N) is 2. The van der Waals surface area contributed by atoms with Gasteiger partial charge in [0.15, 0.2) is 5.76 Å². The van der Waals surface area contributed by atoms with Crippen LogP contribution in [-0.2, 0) is 11.3 Å². The molecule has 116 valence electrons. The molecule has 0 bridgehead atoms. The van der Waals surface area contributed by atoms with Crippen molar-refractivity contribution in [1.82, 2.24) is 25.0 Å². The average Bonchev–Trinajstić information content (AvgIpc) is 3.26. The van der Waals surface area contributed by atoms with Crippen molar-refractivity contribution in [3.05, 3.63) is 48.8 Å². The number of H-pyrrole nitrogens is 1. The lowest BCUT2D eigenvalue weighted by Gasteiger charge is -1.99. The molecule has 3 aromatic heterocycles. The number of hydrogen-bond donors (Lipinski definition) is 2. The summed E-state index contributed by atoms with van der Waals surface area (Å²) in [5.74, 6) is 0.785. The summed E-state index contributed by atoms with van der Waals surface area (Å²) in [4.78, 5) is 16.8. The van der Waals surface area contributed by atoms with E-state index in [-0.39, 0.29) is 0 Å². The van der Waals surface area contributed by atoms with E-state index in [4.69, 9.17) is 4.52 Å². The Morgan fingerprint density at radius 3 is 3.00 bits per heavy atom. The summed E-state index contributed by atoms with van der Waals surface area (Å²) in [6, 6.07) is 5.76. The second kappa shape index (κ2) is 8.46. The molecule has 0 atom stereocenters. The van der Waals surface area contributed by atoms with E-state index in [1.54, 1.807) is 12.5 Å². The van der Waals surface area contributed by atoms with Gasteiger partial charge in [0, 0.05) is 37.7 Å². The highest BCUT2D eigenvalue weighted by atomic mass is 16.5. The van der Waals surface area contributed by atoms with E-state index in [9.17, 15) is 4.79 Å². The molecule has 1 amide bonds. The van der Waals surface area contributed by atoms with Gasteiger partial charge in [-0.15, -0.1) is 0 Å². The third kappa shape index (κ3) is 4.93. The van der Waals surface area contributed by atoms with Crippen molar-refractivity contribution in [1.29, 1.82) is 0 Å². The van der Waals surface area contributed by atoms with Crippen LogP contribution in [0.5, 0.6) is 0 Å². The molecule has 3 heterocycles. The van der Waals surface area contributed by atoms with E-state index in [2.05, 4.69) is 20.4 Å². The lowest BCUT2D eigenvalue weighted by molar-refractivity contribution is -0.109. The van der Waals surface area contributed by atoms with Crippen LogP contribution in [0.1, 0.15) is 12.1 Å². The average molecular weight is 301 g/mol. The summed E-state index contributed by atoms with van der Waals surface area (Å²) in [6.45, 7) is 3.53. The van der Waals surface area contributed by atoms with E-state index in [0.29, 0.717) is 6.41 Å². The van der Waals surface area contributed by atoms with Gasteiger partial charge in [0.1, 0.15) is 0 Å². The summed E-state index contributed by atoms with van der Waals surface area (Å²) in [5, 5.41) is 6.37. The number of aromatic nitrogens is 4. The van der Waals surface area contributed by atoms with Crippen LogP contribution in [-0.4, -0.2) is 32.6 Å². The molecule has 0 radical (unpaired) electrons. The lowest BCUT2D eigenvalue weighted by Crippen LogP contribution is -2.13. The van der Waals surface area contributed by atoms with Crippen LogP contribution in [0, 0.1) is 6.92 Å². The first kappa shape index (κ1) is 15.6. The predicted molar refractivity (Wildman–Crippen MR) is 81.9 cm³/mol. The lowest BCUT2D eigenvalue weighted by atomic mass is 10.3. The van der Waals surface area contributed by atoms with Gasteiger partial charge in [0.05, 0.1) is 17.7 Å². The predicted octanol–water partition coefficient (Wildman–Crippen LogP) is 2.00. The first-order valence-electron chi connectivity index (χ1n) is 6.99. The molecule has 0 aliphatic heterocycles. The van der Waals surface area contributed by atoms with Crippen LogP contribution in [0.3, 0.4) is 0 Å². The van der Waals surface area contributed by atoms with E-state index in [0.717, 1.165) is 36.7 Å². The minimum absolute atomic E-state index is 0.716. The molecule has 0 saturated carbocycles. The molecule has 22 heavy (non-hydrogen) atoms. The number of aryl methyl sites for hydroxylation is 2. The topological polar surface area (TPSA) is 88.7 Å². The Kier molecular flexibility index (Phi) is 5.98. The zero-order valence-corrected chi connectivity index (χ0v) is 12.4. The zero-order valence-electron chi connectivity index (χ0n) is 12.4. The van der Waals surface area contributed by atoms with Crippen LogP contribution in [0.4, 0.5) is 0 Å². The Bertz CT molecular complexity index is 643. The molecule has 2 N–H and O–H groups in total. The van der Waals surface area contributed by atoms with Gasteiger partial charge in [-0.05, 0) is 25.5 Å². The molecule has 0 aromatic carbocycles. The van der Waals surface area contributed by atoms with E-state index >= 15 is 0 Å². The molecule has 0 saturated heterocycles. The van der Waals surface area contributed by atoms with Gasteiger partial charge in [0.25, 0.3) is 0 Å². The highest BCUT2D eigenvalue weighted by molar-refractivity contribution is 5.51. The van der Waals surface area contributed by atoms with Crippen LogP contribution in [0.25, 0.3) is 11.5 Å². The first-order chi connectivity index (χ1) is 10.8. The van der Waals surface area contributed by atoms with Crippen molar-refractivity contribution in [3.63, 3.8) is 0 Å². The number of amides is 1. The number of hydrogen-bond acceptors (Lipinski definition) is 4. The maximum atomic E-state index is 9.84. The molecule has 7 heteroatoms. The summed E-state index contributed by atoms with van der Waals surface area (Å²) in [7, 11) is 0. The van der Waals surface area contributed by atoms with Crippen LogP contribution >= 0.6 is 0 Å². The van der Waals surface area contributed by atoms with E-state index < -0.39 is 0 Å². The first-order valence-corrected chi connectivity index (χ1v) is 6.99. The molecule has 0 fully saturated rings. The van der Waals surface area contributed by atoms with Gasteiger partial charge in [-0.3, -0.25) is 4.79 Å². The third-order valence-electron chi connectivity index (χ3n) is 2.87. The molecule has 3 aromatic rings. The second-order valence-electron chi connectivity index (χ2n) is 4.64. The molecule has 3 rings (SSSR count). The number of imidazole rings is 1. The highest BCUT2D eigenvalue weighted by Crippen LogP contribution is 2.16. The highest BCUT2D eigenvalue weighted by Gasteiger charge is 2.02. The SMILES string of the molecule is Cc1cc(-c2ccc[nH]2)on1.O=CNCCCn1ccnc1. The number of aromatic amines is 1. The summed E-state index contributed by atoms with van der Waals surface area (Å²) in [5.41, 5.74) is 1.86. The van der Waals surface area contributed by atoms with Gasteiger partial charge in [-0.1, -0.05) is 5.16 Å². The fourth-order valence-electron chi connectivity index (χ4n) is 1.82. The van der Waals surface area contributed by atoms with Crippen molar-refractivity contribution in [3.8, 4) is 11.5 Å². The van der Waals surface area contributed by atoms with Crippen LogP contribution in [0.2, 0.25) is 0 Å². The Morgan fingerprint density at radius 2 is 2.41 bits per heavy atom. The Balaban J connectivity index is 0.000000160. The minimum atomic E-state index is 0.716. The molecule has 7 nitrogen and oxygen atoms in total. The molecule has 0 aliphatic rings. The molecule has 0 aliphatic carbocycles. The van der Waals surface area contributed by atoms with Gasteiger partial charge in [-0.2, -0.15) is 0 Å². The largest absolute Gasteiger partial charge is 0.359 e. The third-order valence-corrected chi connectivity index (χ3v) is 2.87. The van der Waals surface area contributed by atoms with Gasteiger partial charge >= 0.3 is 0 Å². The summed E-state index contributed by atoms with van der Waals surface area (Å²) >= 11 is 0. The van der Waals surface area contributed by atoms with Crippen LogP contribution in [0.15, 0.2) is 47.6 Å². The number of carbonyl (C=O) groups is 1. The van der Waals surface area contributed by atoms with E-state index in [1.807, 2.05) is 42.1 Å². The minimum Gasteiger partial charge on any atom is -0.359 e. The normalized spacial score (nSPS) is 9.86. The summed E-state index contributed by atoms with van der Waals surface area (Å²) < 4.78 is 7.01. The molecular weight excluding hydrogens is 282 g/mol. The van der Waals surface area contributed by atoms with Crippen molar-refractivity contribution >= 4 is 6.41 Å². The van der Waals surface area contributed by atoms with Crippen LogP contribution < -0.4 is 5.32 Å². The molecule has 0 spiro atoms. The maximum absolute atomic E-state index is 9.84. The zero-order chi connectivity index (χ0) is 15.6. The fourth-order valence-corrected chi connectivity index (χ4v) is 1.82. The Hall–Kier alpha value is -2.83. The molecular formula is C15H19N5O2. The van der Waals surface area contributed by atoms with Crippen molar-refractivity contribution in [2.24, 2.45) is 0 Å². The smallest absolute Gasteiger partial charge is 0.207 e. The van der Waals surface area contributed by atoms with Gasteiger partial charge in [-0.25, -0.2) is 4.98 Å². The van der Waals surface area contributed by atoms with Crippen molar-refractivity contribution in [2.45, 2.75) is 19.9 Å². The van der Waals surface area contributed by atoms with Gasteiger partial charge in [0.2, 0.25) is 6.41 Å². The molecule has 0 unspecified atom stereocenters. The second-order valence-corrected chi connectivity index (χ2v) is 4.64. The Labute approximate surface area is 128 Å². The standard InChI is InChI=1S/C8H8N2O.C7H11N3O/c1-6-5-8(11-10-6)7-3-2-4-9-7;11-7-9-2-1-4-10-5-3-8-6-10/h2-5,9H,1H3;3,5-7H,1-2,4H2,(H,9,11). The summed E-state index contributed by atoms with van der Waals surface area (Å²) in [6.07, 6.45) is 8.92. The van der Waals surface area contributed by atoms with Crippen molar-refractivity contribution in [2.75, 3.05) is 6.54 Å². The quantitative estimate of drug-likeness (QED) is 0.538. The van der Waals surface area contributed by atoms with Crippen molar-refractivity contribution < 1.29 is 9.32 Å². The van der Waals surface area contributed by atoms with Gasteiger partial charge < -0.3 is 19.4 Å². The fraction of sp³-hybridized carbons (Fsp3) is 0.267. The Morgan fingerprint density at radius 1 is 1.50 bits per heavy atom. The number of nitrogens with zero attached hydrogens (tertiary/aromatic N) is 3. The monoisotopic (exact) mass is 301 g/mol. The number of carbonyl (C=O) groups excluding carboxylic acids is 1. The van der Waals surface area contributed by atoms with E-state index in [1.165, 1.54) is 0 Å². The number of rotatable bonds is 6.